The molecule has 0 bridgehead atoms. The van der Waals surface area contributed by atoms with Crippen LogP contribution < -0.4 is 0 Å². The van der Waals surface area contributed by atoms with Gasteiger partial charge in [0.15, 0.2) is 0 Å². The fraction of sp³-hybridized carbons (Fsp3) is 0.682. The molecule has 2 saturated carbocycles. The zero-order chi connectivity index (χ0) is 17.8. The molecule has 0 aromatic rings. The summed E-state index contributed by atoms with van der Waals surface area (Å²) in [4.78, 5) is 22.7. The van der Waals surface area contributed by atoms with Crippen LogP contribution in [0.2, 0.25) is 0 Å². The second-order valence-electron chi connectivity index (χ2n) is 8.97. The highest BCUT2D eigenvalue weighted by Crippen LogP contribution is 2.65. The largest absolute Gasteiger partial charge is 0.431 e. The van der Waals surface area contributed by atoms with E-state index in [1.54, 1.807) is 0 Å². The first-order valence-electron chi connectivity index (χ1n) is 9.72. The Bertz CT molecular complexity index is 724. The average Bonchev–Trinajstić information content (AvgIpc) is 2.91. The van der Waals surface area contributed by atoms with E-state index in [2.05, 4.69) is 31.9 Å². The third-order valence-corrected chi connectivity index (χ3v) is 7.91. The molecule has 0 heterocycles. The van der Waals surface area contributed by atoms with Crippen molar-refractivity contribution in [1.82, 2.24) is 0 Å². The van der Waals surface area contributed by atoms with Crippen molar-refractivity contribution in [3.63, 3.8) is 0 Å². The first-order chi connectivity index (χ1) is 11.9. The number of carbonyl (C=O) groups excluding carboxylic acids is 2. The zero-order valence-corrected chi connectivity index (χ0v) is 15.6. The minimum Gasteiger partial charge on any atom is -0.431 e. The molecular formula is C22H28O3. The Hall–Kier alpha value is -1.60. The van der Waals surface area contributed by atoms with Crippen molar-refractivity contribution in [2.75, 3.05) is 0 Å². The molecule has 4 rings (SSSR count). The summed E-state index contributed by atoms with van der Waals surface area (Å²) in [7, 11) is 0. The lowest BCUT2D eigenvalue weighted by atomic mass is 9.48. The molecule has 2 fully saturated rings. The van der Waals surface area contributed by atoms with Gasteiger partial charge in [-0.3, -0.25) is 4.79 Å². The molecule has 0 spiro atoms. The molecule has 5 atom stereocenters. The normalized spacial score (nSPS) is 42.4. The van der Waals surface area contributed by atoms with E-state index in [-0.39, 0.29) is 16.8 Å². The monoisotopic (exact) mass is 340 g/mol. The third kappa shape index (κ3) is 2.39. The number of hydrogen-bond acceptors (Lipinski definition) is 3. The van der Waals surface area contributed by atoms with Crippen molar-refractivity contribution in [1.29, 1.82) is 0 Å². The van der Waals surface area contributed by atoms with Crippen molar-refractivity contribution in [3.8, 4) is 0 Å². The number of esters is 1. The molecule has 0 aromatic carbocycles. The van der Waals surface area contributed by atoms with Crippen molar-refractivity contribution >= 4 is 11.9 Å². The van der Waals surface area contributed by atoms with E-state index < -0.39 is 0 Å². The number of allylic oxidation sites excluding steroid dienone is 5. The highest BCUT2D eigenvalue weighted by Gasteiger charge is 2.57. The fourth-order valence-corrected chi connectivity index (χ4v) is 6.55. The van der Waals surface area contributed by atoms with Crippen molar-refractivity contribution in [3.05, 3.63) is 29.1 Å². The Morgan fingerprint density at radius 3 is 2.64 bits per heavy atom. The van der Waals surface area contributed by atoms with E-state index in [4.69, 9.17) is 4.74 Å². The van der Waals surface area contributed by atoms with Crippen molar-refractivity contribution in [2.45, 2.75) is 65.7 Å². The van der Waals surface area contributed by atoms with Crippen molar-refractivity contribution < 1.29 is 14.3 Å². The Morgan fingerprint density at radius 2 is 1.92 bits per heavy atom. The fourth-order valence-electron chi connectivity index (χ4n) is 6.55. The Morgan fingerprint density at radius 1 is 1.16 bits per heavy atom. The molecule has 3 heteroatoms. The molecule has 0 N–H and O–H groups in total. The van der Waals surface area contributed by atoms with Crippen LogP contribution in [0.4, 0.5) is 0 Å². The SMILES string of the molecule is CC(=O)OC1=CC2=CC[C@@H]3C(CC[C@]4(C)C(=C=O)CC[C@@H]34)[C@@]2(C)CC1. The first kappa shape index (κ1) is 16.8. The van der Waals surface area contributed by atoms with Crippen LogP contribution in [0.5, 0.6) is 0 Å². The van der Waals surface area contributed by atoms with E-state index in [0.717, 1.165) is 49.9 Å². The number of ether oxygens (including phenoxy) is 1. The van der Waals surface area contributed by atoms with Crippen LogP contribution in [0.25, 0.3) is 0 Å². The summed E-state index contributed by atoms with van der Waals surface area (Å²) < 4.78 is 5.37. The predicted octanol–water partition coefficient (Wildman–Crippen LogP) is 4.76. The van der Waals surface area contributed by atoms with Gasteiger partial charge in [0.1, 0.15) is 11.7 Å². The molecule has 4 aliphatic carbocycles. The average molecular weight is 340 g/mol. The maximum Gasteiger partial charge on any atom is 0.307 e. The Kier molecular flexibility index (Phi) is 3.85. The number of fused-ring (bicyclic) bond motifs is 5. The van der Waals surface area contributed by atoms with Crippen LogP contribution in [-0.2, 0) is 14.3 Å². The minimum atomic E-state index is -0.225. The number of rotatable bonds is 1. The van der Waals surface area contributed by atoms with Gasteiger partial charge >= 0.3 is 5.97 Å². The lowest BCUT2D eigenvalue weighted by Crippen LogP contribution is -2.48. The van der Waals surface area contributed by atoms with Gasteiger partial charge in [0.05, 0.1) is 0 Å². The lowest BCUT2D eigenvalue weighted by Gasteiger charge is -2.56. The molecular weight excluding hydrogens is 312 g/mol. The quantitative estimate of drug-likeness (QED) is 0.510. The molecule has 0 aromatic heterocycles. The van der Waals surface area contributed by atoms with Gasteiger partial charge < -0.3 is 4.74 Å². The van der Waals surface area contributed by atoms with Crippen LogP contribution in [0.1, 0.15) is 65.7 Å². The maximum atomic E-state index is 11.4. The van der Waals surface area contributed by atoms with Gasteiger partial charge in [-0.1, -0.05) is 19.9 Å². The number of carbonyl (C=O) groups is 1. The highest BCUT2D eigenvalue weighted by molar-refractivity contribution is 5.67. The summed E-state index contributed by atoms with van der Waals surface area (Å²) in [6.07, 6.45) is 11.9. The summed E-state index contributed by atoms with van der Waals surface area (Å²) in [5.74, 6) is 4.84. The Labute approximate surface area is 150 Å². The van der Waals surface area contributed by atoms with Gasteiger partial charge in [0.2, 0.25) is 0 Å². The summed E-state index contributed by atoms with van der Waals surface area (Å²) in [5.41, 5.74) is 2.67. The highest BCUT2D eigenvalue weighted by atomic mass is 16.5. The van der Waals surface area contributed by atoms with E-state index in [1.807, 2.05) is 0 Å². The summed E-state index contributed by atoms with van der Waals surface area (Å²) in [6.45, 7) is 6.19. The molecule has 0 amide bonds. The lowest BCUT2D eigenvalue weighted by molar-refractivity contribution is -0.137. The summed E-state index contributed by atoms with van der Waals surface area (Å²) >= 11 is 0. The van der Waals surface area contributed by atoms with Crippen LogP contribution in [0.3, 0.4) is 0 Å². The molecule has 0 aliphatic heterocycles. The second-order valence-corrected chi connectivity index (χ2v) is 8.97. The van der Waals surface area contributed by atoms with Crippen LogP contribution in [0, 0.1) is 28.6 Å². The summed E-state index contributed by atoms with van der Waals surface area (Å²) in [5, 5.41) is 0. The summed E-state index contributed by atoms with van der Waals surface area (Å²) in [6, 6.07) is 0. The Balaban J connectivity index is 1.67. The molecule has 134 valence electrons. The molecule has 1 unspecified atom stereocenters. The molecule has 0 saturated heterocycles. The van der Waals surface area contributed by atoms with Gasteiger partial charge in [-0.25, -0.2) is 4.79 Å². The van der Waals surface area contributed by atoms with E-state index in [0.29, 0.717) is 17.8 Å². The minimum absolute atomic E-state index is 0.0814. The van der Waals surface area contributed by atoms with Crippen LogP contribution in [-0.4, -0.2) is 11.9 Å². The first-order valence-corrected chi connectivity index (χ1v) is 9.72. The predicted molar refractivity (Wildman–Crippen MR) is 96.1 cm³/mol. The van der Waals surface area contributed by atoms with E-state index in [9.17, 15) is 9.59 Å². The smallest absolute Gasteiger partial charge is 0.307 e. The number of hydrogen-bond donors (Lipinski definition) is 0. The topological polar surface area (TPSA) is 43.4 Å². The molecule has 25 heavy (non-hydrogen) atoms. The molecule has 0 radical (unpaired) electrons. The molecule has 3 nitrogen and oxygen atoms in total. The van der Waals surface area contributed by atoms with Crippen LogP contribution in [0.15, 0.2) is 29.1 Å². The van der Waals surface area contributed by atoms with E-state index in [1.165, 1.54) is 18.9 Å². The van der Waals surface area contributed by atoms with E-state index >= 15 is 0 Å². The maximum absolute atomic E-state index is 11.4. The standard InChI is InChI=1S/C22H28O3/c1-14(24)25-17-8-10-21(2)15(12-17)4-6-18-19-7-5-16(13-23)22(19,3)11-9-20(18)21/h4,12,18-20H,5-11H2,1-3H3/t18-,19-,20?,21-,22+/m0/s1. The van der Waals surface area contributed by atoms with Gasteiger partial charge in [-0.05, 0) is 73.3 Å². The van der Waals surface area contributed by atoms with Gasteiger partial charge in [-0.2, -0.15) is 0 Å². The van der Waals surface area contributed by atoms with Crippen LogP contribution >= 0.6 is 0 Å². The third-order valence-electron chi connectivity index (χ3n) is 7.91. The van der Waals surface area contributed by atoms with Gasteiger partial charge in [0.25, 0.3) is 0 Å². The second kappa shape index (κ2) is 5.71. The van der Waals surface area contributed by atoms with Gasteiger partial charge in [0, 0.05) is 24.3 Å². The van der Waals surface area contributed by atoms with Gasteiger partial charge in [-0.15, -0.1) is 0 Å². The zero-order valence-electron chi connectivity index (χ0n) is 15.6. The van der Waals surface area contributed by atoms with Crippen molar-refractivity contribution in [2.24, 2.45) is 28.6 Å². The molecule has 4 aliphatic rings.